The first-order valence-electron chi connectivity index (χ1n) is 4.76. The van der Waals surface area contributed by atoms with Crippen LogP contribution in [0.2, 0.25) is 0 Å². The molecule has 0 radical (unpaired) electrons. The molecule has 88 valence electrons. The number of hydrogen-bond acceptors (Lipinski definition) is 5. The van der Waals surface area contributed by atoms with Crippen LogP contribution in [0.5, 0.6) is 0 Å². The molecule has 6 heteroatoms. The summed E-state index contributed by atoms with van der Waals surface area (Å²) >= 11 is 0. The molecule has 0 heterocycles. The molecule has 0 aliphatic rings. The largest absolute Gasteiger partial charge is 0.466 e. The zero-order valence-electron chi connectivity index (χ0n) is 9.10. The summed E-state index contributed by atoms with van der Waals surface area (Å²) in [6, 6.07) is 0. The summed E-state index contributed by atoms with van der Waals surface area (Å²) in [7, 11) is 1.64. The number of esters is 1. The van der Waals surface area contributed by atoms with E-state index in [1.807, 2.05) is 0 Å². The van der Waals surface area contributed by atoms with Crippen LogP contribution in [-0.4, -0.2) is 54.7 Å². The highest BCUT2D eigenvalue weighted by Crippen LogP contribution is 1.97. The molecular formula is C9H18N2O4. The number of primary amides is 1. The van der Waals surface area contributed by atoms with E-state index in [0.717, 1.165) is 0 Å². The van der Waals surface area contributed by atoms with Gasteiger partial charge in [-0.1, -0.05) is 0 Å². The maximum atomic E-state index is 11.0. The van der Waals surface area contributed by atoms with E-state index in [1.165, 1.54) is 0 Å². The number of nitrogens with two attached hydrogens (primary N) is 1. The van der Waals surface area contributed by atoms with Crippen molar-refractivity contribution in [1.29, 1.82) is 0 Å². The third-order valence-electron chi connectivity index (χ3n) is 1.66. The standard InChI is InChI=1S/C9H18N2O4/c1-3-15-9(14)4-7(12)5-11(2)6-8(10)13/h7,12H,3-6H2,1-2H3,(H2,10,13). The van der Waals surface area contributed by atoms with Crippen molar-refractivity contribution >= 4 is 11.9 Å². The van der Waals surface area contributed by atoms with Gasteiger partial charge in [-0.05, 0) is 14.0 Å². The van der Waals surface area contributed by atoms with Crippen molar-refractivity contribution < 1.29 is 19.4 Å². The van der Waals surface area contributed by atoms with Gasteiger partial charge in [0.2, 0.25) is 5.91 Å². The highest BCUT2D eigenvalue weighted by Gasteiger charge is 2.14. The third kappa shape index (κ3) is 7.90. The van der Waals surface area contributed by atoms with Gasteiger partial charge in [-0.25, -0.2) is 0 Å². The lowest BCUT2D eigenvalue weighted by Crippen LogP contribution is -2.36. The van der Waals surface area contributed by atoms with Crippen LogP contribution in [0, 0.1) is 0 Å². The van der Waals surface area contributed by atoms with Gasteiger partial charge < -0.3 is 15.6 Å². The number of aliphatic hydroxyl groups excluding tert-OH is 1. The molecule has 1 atom stereocenters. The maximum Gasteiger partial charge on any atom is 0.308 e. The fourth-order valence-electron chi connectivity index (χ4n) is 1.17. The molecule has 0 aliphatic carbocycles. The van der Waals surface area contributed by atoms with Crippen molar-refractivity contribution in [1.82, 2.24) is 4.90 Å². The highest BCUT2D eigenvalue weighted by molar-refractivity contribution is 5.75. The normalized spacial score (nSPS) is 12.5. The van der Waals surface area contributed by atoms with E-state index in [4.69, 9.17) is 5.73 Å². The Balaban J connectivity index is 3.77. The van der Waals surface area contributed by atoms with E-state index >= 15 is 0 Å². The van der Waals surface area contributed by atoms with Gasteiger partial charge in [-0.15, -0.1) is 0 Å². The van der Waals surface area contributed by atoms with Crippen LogP contribution >= 0.6 is 0 Å². The molecule has 0 bridgehead atoms. The van der Waals surface area contributed by atoms with Crippen molar-refractivity contribution in [2.24, 2.45) is 5.73 Å². The molecule has 0 saturated heterocycles. The van der Waals surface area contributed by atoms with Gasteiger partial charge in [-0.2, -0.15) is 0 Å². The van der Waals surface area contributed by atoms with Crippen LogP contribution in [0.1, 0.15) is 13.3 Å². The monoisotopic (exact) mass is 218 g/mol. The summed E-state index contributed by atoms with van der Waals surface area (Å²) in [6.45, 7) is 2.26. The van der Waals surface area contributed by atoms with Crippen molar-refractivity contribution in [2.75, 3.05) is 26.7 Å². The van der Waals surface area contributed by atoms with Crippen LogP contribution < -0.4 is 5.73 Å². The molecule has 0 aromatic rings. The summed E-state index contributed by atoms with van der Waals surface area (Å²) in [5.74, 6) is -0.918. The van der Waals surface area contributed by atoms with Crippen molar-refractivity contribution in [2.45, 2.75) is 19.4 Å². The van der Waals surface area contributed by atoms with E-state index in [0.29, 0.717) is 6.61 Å². The van der Waals surface area contributed by atoms with E-state index in [-0.39, 0.29) is 19.5 Å². The zero-order valence-corrected chi connectivity index (χ0v) is 9.10. The number of ether oxygens (including phenoxy) is 1. The van der Waals surface area contributed by atoms with E-state index in [2.05, 4.69) is 4.74 Å². The fraction of sp³-hybridized carbons (Fsp3) is 0.778. The molecule has 3 N–H and O–H groups in total. The Bertz CT molecular complexity index is 220. The summed E-state index contributed by atoms with van der Waals surface area (Å²) in [5.41, 5.74) is 4.96. The lowest BCUT2D eigenvalue weighted by atomic mass is 10.2. The Morgan fingerprint density at radius 3 is 2.60 bits per heavy atom. The molecule has 1 amide bonds. The first-order chi connectivity index (χ1) is 6.95. The molecule has 0 saturated carbocycles. The van der Waals surface area contributed by atoms with Crippen LogP contribution in [0.15, 0.2) is 0 Å². The minimum atomic E-state index is -0.839. The van der Waals surface area contributed by atoms with Gasteiger partial charge in [0.05, 0.1) is 25.7 Å². The topological polar surface area (TPSA) is 92.9 Å². The molecule has 0 aliphatic heterocycles. The second-order valence-corrected chi connectivity index (χ2v) is 3.33. The summed E-state index contributed by atoms with van der Waals surface area (Å²) in [4.78, 5) is 23.0. The maximum absolute atomic E-state index is 11.0. The highest BCUT2D eigenvalue weighted by atomic mass is 16.5. The first kappa shape index (κ1) is 13.9. The number of carbonyl (C=O) groups excluding carboxylic acids is 2. The van der Waals surface area contributed by atoms with Crippen LogP contribution in [0.25, 0.3) is 0 Å². The molecule has 0 rings (SSSR count). The van der Waals surface area contributed by atoms with Crippen LogP contribution in [-0.2, 0) is 14.3 Å². The van der Waals surface area contributed by atoms with Crippen molar-refractivity contribution in [3.05, 3.63) is 0 Å². The SMILES string of the molecule is CCOC(=O)CC(O)CN(C)CC(N)=O. The zero-order chi connectivity index (χ0) is 11.8. The Labute approximate surface area is 89.0 Å². The average Bonchev–Trinajstić information content (AvgIpc) is 2.00. The predicted molar refractivity (Wildman–Crippen MR) is 53.9 cm³/mol. The quantitative estimate of drug-likeness (QED) is 0.519. The van der Waals surface area contributed by atoms with Crippen molar-refractivity contribution in [3.63, 3.8) is 0 Å². The second-order valence-electron chi connectivity index (χ2n) is 3.33. The second kappa shape index (κ2) is 7.19. The minimum absolute atomic E-state index is 0.0554. The Morgan fingerprint density at radius 2 is 2.13 bits per heavy atom. The predicted octanol–water partition coefficient (Wildman–Crippen LogP) is -1.28. The molecule has 0 aromatic heterocycles. The van der Waals surface area contributed by atoms with E-state index in [9.17, 15) is 14.7 Å². The smallest absolute Gasteiger partial charge is 0.308 e. The minimum Gasteiger partial charge on any atom is -0.466 e. The number of carbonyl (C=O) groups is 2. The fourth-order valence-corrected chi connectivity index (χ4v) is 1.17. The summed E-state index contributed by atoms with van der Waals surface area (Å²) < 4.78 is 4.67. The Morgan fingerprint density at radius 1 is 1.53 bits per heavy atom. The molecule has 0 fully saturated rings. The van der Waals surface area contributed by atoms with Gasteiger partial charge in [-0.3, -0.25) is 14.5 Å². The number of aliphatic hydroxyl groups is 1. The summed E-state index contributed by atoms with van der Waals surface area (Å²) in [5, 5.41) is 9.43. The first-order valence-corrected chi connectivity index (χ1v) is 4.76. The molecule has 1 unspecified atom stereocenters. The van der Waals surface area contributed by atoms with Gasteiger partial charge in [0.15, 0.2) is 0 Å². The molecule has 0 aromatic carbocycles. The number of hydrogen-bond donors (Lipinski definition) is 2. The Kier molecular flexibility index (Phi) is 6.64. The number of rotatable bonds is 7. The lowest BCUT2D eigenvalue weighted by molar-refractivity contribution is -0.145. The third-order valence-corrected chi connectivity index (χ3v) is 1.66. The number of amides is 1. The molecule has 0 spiro atoms. The summed E-state index contributed by atoms with van der Waals surface area (Å²) in [6.07, 6.45) is -0.912. The lowest BCUT2D eigenvalue weighted by Gasteiger charge is -2.18. The van der Waals surface area contributed by atoms with Crippen LogP contribution in [0.3, 0.4) is 0 Å². The molecule has 15 heavy (non-hydrogen) atoms. The number of nitrogens with zero attached hydrogens (tertiary/aromatic N) is 1. The average molecular weight is 218 g/mol. The van der Waals surface area contributed by atoms with E-state index in [1.54, 1.807) is 18.9 Å². The van der Waals surface area contributed by atoms with Gasteiger partial charge in [0.1, 0.15) is 0 Å². The van der Waals surface area contributed by atoms with Crippen LogP contribution in [0.4, 0.5) is 0 Å². The molecular weight excluding hydrogens is 200 g/mol. The van der Waals surface area contributed by atoms with Gasteiger partial charge in [0, 0.05) is 6.54 Å². The Hall–Kier alpha value is -1.14. The van der Waals surface area contributed by atoms with Gasteiger partial charge in [0.25, 0.3) is 0 Å². The van der Waals surface area contributed by atoms with E-state index < -0.39 is 18.0 Å². The van der Waals surface area contributed by atoms with Gasteiger partial charge >= 0.3 is 5.97 Å². The number of likely N-dealkylation sites (N-methyl/N-ethyl adjacent to an activating group) is 1. The van der Waals surface area contributed by atoms with Crippen molar-refractivity contribution in [3.8, 4) is 0 Å². The molecule has 6 nitrogen and oxygen atoms in total.